The fourth-order valence-corrected chi connectivity index (χ4v) is 2.25. The molecule has 0 radical (unpaired) electrons. The van der Waals surface area contributed by atoms with Crippen LogP contribution in [0.2, 0.25) is 0 Å². The Bertz CT molecular complexity index is 193. The topological polar surface area (TPSA) is 47.6 Å². The molecule has 0 heterocycles. The molecule has 0 unspecified atom stereocenters. The number of ether oxygens (including phenoxy) is 1. The van der Waals surface area contributed by atoms with Crippen molar-refractivity contribution in [2.45, 2.75) is 51.0 Å². The van der Waals surface area contributed by atoms with Crippen molar-refractivity contribution >= 4 is 5.84 Å². The van der Waals surface area contributed by atoms with Gasteiger partial charge in [-0.3, -0.25) is 4.99 Å². The van der Waals surface area contributed by atoms with Gasteiger partial charge in [-0.15, -0.1) is 0 Å². The van der Waals surface area contributed by atoms with Gasteiger partial charge in [-0.1, -0.05) is 25.7 Å². The van der Waals surface area contributed by atoms with Gasteiger partial charge in [-0.25, -0.2) is 0 Å². The fraction of sp³-hybridized carbons (Fsp3) is 0.909. The number of hydrogen-bond acceptors (Lipinski definition) is 2. The van der Waals surface area contributed by atoms with Gasteiger partial charge < -0.3 is 10.5 Å². The van der Waals surface area contributed by atoms with Gasteiger partial charge in [0.2, 0.25) is 0 Å². The lowest BCUT2D eigenvalue weighted by Gasteiger charge is -2.31. The second-order valence-corrected chi connectivity index (χ2v) is 3.95. The van der Waals surface area contributed by atoms with Crippen molar-refractivity contribution in [1.82, 2.24) is 0 Å². The first-order valence-corrected chi connectivity index (χ1v) is 5.62. The fourth-order valence-electron chi connectivity index (χ4n) is 2.25. The molecule has 0 amide bonds. The standard InChI is InChI=1S/C11H22N2O/c1-3-14-11(10(12)13-2)8-6-4-5-7-9-11/h3-9H2,1-2H3,(H2,12,13). The number of rotatable bonds is 3. The van der Waals surface area contributed by atoms with E-state index < -0.39 is 0 Å². The second-order valence-electron chi connectivity index (χ2n) is 3.95. The van der Waals surface area contributed by atoms with E-state index in [0.717, 1.165) is 19.4 Å². The molecular weight excluding hydrogens is 176 g/mol. The monoisotopic (exact) mass is 198 g/mol. The van der Waals surface area contributed by atoms with Crippen molar-refractivity contribution in [2.75, 3.05) is 13.7 Å². The van der Waals surface area contributed by atoms with E-state index in [0.29, 0.717) is 5.84 Å². The van der Waals surface area contributed by atoms with E-state index in [1.54, 1.807) is 7.05 Å². The molecule has 0 aliphatic heterocycles. The van der Waals surface area contributed by atoms with Gasteiger partial charge >= 0.3 is 0 Å². The van der Waals surface area contributed by atoms with Crippen LogP contribution in [-0.2, 0) is 4.74 Å². The van der Waals surface area contributed by atoms with Gasteiger partial charge in [-0.05, 0) is 19.8 Å². The molecule has 0 bridgehead atoms. The highest BCUT2D eigenvalue weighted by molar-refractivity contribution is 5.89. The maximum Gasteiger partial charge on any atom is 0.126 e. The molecule has 0 aromatic carbocycles. The second kappa shape index (κ2) is 5.35. The molecule has 0 aromatic heterocycles. The molecule has 3 heteroatoms. The lowest BCUT2D eigenvalue weighted by atomic mass is 9.93. The SMILES string of the molecule is CCOC1(C(N)=NC)CCCCCC1. The molecule has 3 nitrogen and oxygen atoms in total. The Labute approximate surface area is 86.7 Å². The van der Waals surface area contributed by atoms with Gasteiger partial charge in [-0.2, -0.15) is 0 Å². The maximum absolute atomic E-state index is 5.96. The van der Waals surface area contributed by atoms with Gasteiger partial charge in [0.1, 0.15) is 11.4 Å². The Kier molecular flexibility index (Phi) is 4.39. The van der Waals surface area contributed by atoms with E-state index in [9.17, 15) is 0 Å². The van der Waals surface area contributed by atoms with Crippen LogP contribution < -0.4 is 5.73 Å². The van der Waals surface area contributed by atoms with Crippen LogP contribution in [0.5, 0.6) is 0 Å². The molecule has 0 spiro atoms. The molecule has 1 aliphatic rings. The molecule has 1 rings (SSSR count). The van der Waals surface area contributed by atoms with Crippen molar-refractivity contribution in [3.8, 4) is 0 Å². The zero-order valence-corrected chi connectivity index (χ0v) is 9.38. The summed E-state index contributed by atoms with van der Waals surface area (Å²) in [4.78, 5) is 4.11. The summed E-state index contributed by atoms with van der Waals surface area (Å²) in [5.41, 5.74) is 5.71. The van der Waals surface area contributed by atoms with Crippen LogP contribution in [0.15, 0.2) is 4.99 Å². The number of hydrogen-bond donors (Lipinski definition) is 1. The lowest BCUT2D eigenvalue weighted by molar-refractivity contribution is 0.00332. The van der Waals surface area contributed by atoms with E-state index in [4.69, 9.17) is 10.5 Å². The molecule has 1 aliphatic carbocycles. The Balaban J connectivity index is 2.77. The maximum atomic E-state index is 5.96. The smallest absolute Gasteiger partial charge is 0.126 e. The molecule has 0 saturated heterocycles. The van der Waals surface area contributed by atoms with Crippen molar-refractivity contribution in [1.29, 1.82) is 0 Å². The lowest BCUT2D eigenvalue weighted by Crippen LogP contribution is -2.46. The summed E-state index contributed by atoms with van der Waals surface area (Å²) in [5.74, 6) is 0.682. The van der Waals surface area contributed by atoms with Crippen LogP contribution in [0.4, 0.5) is 0 Å². The Morgan fingerprint density at radius 2 is 1.86 bits per heavy atom. The third-order valence-corrected chi connectivity index (χ3v) is 3.04. The Hall–Kier alpha value is -0.570. The average Bonchev–Trinajstić information content (AvgIpc) is 2.44. The Morgan fingerprint density at radius 3 is 2.29 bits per heavy atom. The molecule has 1 saturated carbocycles. The quantitative estimate of drug-likeness (QED) is 0.429. The van der Waals surface area contributed by atoms with Gasteiger partial charge in [0, 0.05) is 13.7 Å². The van der Waals surface area contributed by atoms with E-state index in [1.807, 2.05) is 6.92 Å². The van der Waals surface area contributed by atoms with Crippen molar-refractivity contribution < 1.29 is 4.74 Å². The summed E-state index contributed by atoms with van der Waals surface area (Å²) in [6.07, 6.45) is 7.07. The van der Waals surface area contributed by atoms with Crippen molar-refractivity contribution in [3.63, 3.8) is 0 Å². The van der Waals surface area contributed by atoms with E-state index in [2.05, 4.69) is 4.99 Å². The first kappa shape index (κ1) is 11.5. The van der Waals surface area contributed by atoms with Crippen molar-refractivity contribution in [3.05, 3.63) is 0 Å². The third kappa shape index (κ3) is 2.47. The normalized spacial score (nSPS) is 23.1. The Morgan fingerprint density at radius 1 is 1.29 bits per heavy atom. The predicted octanol–water partition coefficient (Wildman–Crippen LogP) is 2.10. The summed E-state index contributed by atoms with van der Waals surface area (Å²) in [5, 5.41) is 0. The van der Waals surface area contributed by atoms with Crippen LogP contribution in [0, 0.1) is 0 Å². The summed E-state index contributed by atoms with van der Waals surface area (Å²) < 4.78 is 5.85. The molecule has 2 N–H and O–H groups in total. The third-order valence-electron chi connectivity index (χ3n) is 3.04. The van der Waals surface area contributed by atoms with Gasteiger partial charge in [0.05, 0.1) is 0 Å². The average molecular weight is 198 g/mol. The minimum atomic E-state index is -0.250. The summed E-state index contributed by atoms with van der Waals surface area (Å²) in [6, 6.07) is 0. The first-order valence-electron chi connectivity index (χ1n) is 5.62. The molecule has 14 heavy (non-hydrogen) atoms. The van der Waals surface area contributed by atoms with Crippen LogP contribution in [0.1, 0.15) is 45.4 Å². The van der Waals surface area contributed by atoms with Crippen LogP contribution in [0.3, 0.4) is 0 Å². The number of nitrogens with two attached hydrogens (primary N) is 1. The number of aliphatic imine (C=N–C) groups is 1. The largest absolute Gasteiger partial charge is 0.385 e. The first-order chi connectivity index (χ1) is 6.75. The van der Waals surface area contributed by atoms with E-state index in [-0.39, 0.29) is 5.60 Å². The summed E-state index contributed by atoms with van der Waals surface area (Å²) in [6.45, 7) is 2.74. The number of amidine groups is 1. The predicted molar refractivity (Wildman–Crippen MR) is 59.6 cm³/mol. The minimum Gasteiger partial charge on any atom is -0.385 e. The van der Waals surface area contributed by atoms with Gasteiger partial charge in [0.25, 0.3) is 0 Å². The molecule has 0 atom stereocenters. The highest BCUT2D eigenvalue weighted by Crippen LogP contribution is 2.30. The highest BCUT2D eigenvalue weighted by Gasteiger charge is 2.35. The minimum absolute atomic E-state index is 0.250. The van der Waals surface area contributed by atoms with E-state index in [1.165, 1.54) is 25.7 Å². The van der Waals surface area contributed by atoms with Crippen LogP contribution in [-0.4, -0.2) is 25.1 Å². The van der Waals surface area contributed by atoms with Crippen LogP contribution >= 0.6 is 0 Å². The molecule has 82 valence electrons. The van der Waals surface area contributed by atoms with Crippen molar-refractivity contribution in [2.24, 2.45) is 10.7 Å². The molecule has 1 fully saturated rings. The van der Waals surface area contributed by atoms with E-state index >= 15 is 0 Å². The molecule has 0 aromatic rings. The zero-order valence-electron chi connectivity index (χ0n) is 9.38. The van der Waals surface area contributed by atoms with Crippen LogP contribution in [0.25, 0.3) is 0 Å². The zero-order chi connectivity index (χ0) is 10.4. The summed E-state index contributed by atoms with van der Waals surface area (Å²) in [7, 11) is 1.75. The summed E-state index contributed by atoms with van der Waals surface area (Å²) >= 11 is 0. The number of nitrogens with zero attached hydrogens (tertiary/aromatic N) is 1. The molecular formula is C11H22N2O. The van der Waals surface area contributed by atoms with Gasteiger partial charge in [0.15, 0.2) is 0 Å². The highest BCUT2D eigenvalue weighted by atomic mass is 16.5.